The number of nitrogens with one attached hydrogen (secondary N) is 2. The van der Waals surface area contributed by atoms with Crippen LogP contribution in [0, 0.1) is 13.8 Å². The molecule has 162 valence electrons. The summed E-state index contributed by atoms with van der Waals surface area (Å²) in [5.74, 6) is 0.163. The van der Waals surface area contributed by atoms with Crippen LogP contribution in [0.15, 0.2) is 47.6 Å². The average Bonchev–Trinajstić information content (AvgIpc) is 3.08. The van der Waals surface area contributed by atoms with E-state index in [-0.39, 0.29) is 5.69 Å². The third-order valence-electron chi connectivity index (χ3n) is 4.83. The second-order valence-electron chi connectivity index (χ2n) is 7.10. The van der Waals surface area contributed by atoms with Crippen molar-refractivity contribution < 1.29 is 18.0 Å². The fourth-order valence-electron chi connectivity index (χ4n) is 3.22. The molecule has 1 aromatic heterocycles. The number of rotatable bonds is 3. The summed E-state index contributed by atoms with van der Waals surface area (Å²) in [5, 5.41) is 10.0. The Morgan fingerprint density at radius 1 is 1.16 bits per heavy atom. The molecule has 1 amide bonds. The summed E-state index contributed by atoms with van der Waals surface area (Å²) < 4.78 is 41.2. The zero-order valence-corrected chi connectivity index (χ0v) is 17.9. The van der Waals surface area contributed by atoms with E-state index in [4.69, 9.17) is 11.6 Å². The summed E-state index contributed by atoms with van der Waals surface area (Å²) in [7, 11) is 0. The maximum Gasteiger partial charge on any atom is 0.417 e. The van der Waals surface area contributed by atoms with Gasteiger partial charge in [-0.1, -0.05) is 53.2 Å². The molecule has 2 atom stereocenters. The van der Waals surface area contributed by atoms with Gasteiger partial charge in [0.2, 0.25) is 11.1 Å². The lowest BCUT2D eigenvalue weighted by Crippen LogP contribution is -2.41. The molecule has 2 heterocycles. The summed E-state index contributed by atoms with van der Waals surface area (Å²) in [5.41, 5.74) is 4.17. The van der Waals surface area contributed by atoms with Crippen molar-refractivity contribution in [3.05, 3.63) is 70.0 Å². The summed E-state index contributed by atoms with van der Waals surface area (Å²) in [6.07, 6.45) is -4.63. The van der Waals surface area contributed by atoms with Gasteiger partial charge in [-0.2, -0.15) is 13.2 Å². The lowest BCUT2D eigenvalue weighted by Gasteiger charge is -2.32. The average molecular weight is 468 g/mol. The number of alkyl halides is 3. The van der Waals surface area contributed by atoms with Crippen molar-refractivity contribution in [1.29, 1.82) is 0 Å². The summed E-state index contributed by atoms with van der Waals surface area (Å²) >= 11 is 6.87. The minimum Gasteiger partial charge on any atom is -0.325 e. The van der Waals surface area contributed by atoms with Gasteiger partial charge in [-0.3, -0.25) is 4.79 Å². The van der Waals surface area contributed by atoms with Crippen molar-refractivity contribution >= 4 is 35.0 Å². The van der Waals surface area contributed by atoms with Crippen LogP contribution in [-0.2, 0) is 11.0 Å². The zero-order valence-electron chi connectivity index (χ0n) is 16.4. The first-order valence-electron chi connectivity index (χ1n) is 9.23. The van der Waals surface area contributed by atoms with Crippen molar-refractivity contribution in [2.45, 2.75) is 36.5 Å². The van der Waals surface area contributed by atoms with Gasteiger partial charge in [0, 0.05) is 5.69 Å². The van der Waals surface area contributed by atoms with Gasteiger partial charge in [-0.25, -0.2) is 4.68 Å². The van der Waals surface area contributed by atoms with Gasteiger partial charge in [0.05, 0.1) is 16.6 Å². The van der Waals surface area contributed by atoms with Crippen LogP contribution in [0.25, 0.3) is 0 Å². The molecule has 31 heavy (non-hydrogen) atoms. The predicted octanol–water partition coefficient (Wildman–Crippen LogP) is 4.96. The highest BCUT2D eigenvalue weighted by Gasteiger charge is 2.38. The van der Waals surface area contributed by atoms with Crippen LogP contribution in [-0.4, -0.2) is 26.0 Å². The highest BCUT2D eigenvalue weighted by Crippen LogP contribution is 2.39. The normalized spacial score (nSPS) is 18.3. The van der Waals surface area contributed by atoms with Gasteiger partial charge in [-0.05, 0) is 37.6 Å². The van der Waals surface area contributed by atoms with Crippen molar-refractivity contribution in [1.82, 2.24) is 14.9 Å². The van der Waals surface area contributed by atoms with Gasteiger partial charge in [-0.15, -0.1) is 10.2 Å². The smallest absolute Gasteiger partial charge is 0.325 e. The molecule has 1 aliphatic heterocycles. The number of anilines is 1. The standard InChI is InChI=1S/C20H17ClF3N5OS/c1-10-3-5-12(6-4-10)16-17(31-19-27-26-11(2)29(19)28-16)18(30)25-13-7-8-15(21)14(9-13)20(22,23)24/h3-9,16-17,28H,1-2H3,(H,25,30). The molecule has 0 aliphatic carbocycles. The van der Waals surface area contributed by atoms with Crippen LogP contribution in [0.2, 0.25) is 5.02 Å². The van der Waals surface area contributed by atoms with Crippen LogP contribution >= 0.6 is 23.4 Å². The molecule has 2 aromatic carbocycles. The molecule has 0 saturated carbocycles. The van der Waals surface area contributed by atoms with Gasteiger partial charge < -0.3 is 10.7 Å². The zero-order chi connectivity index (χ0) is 22.3. The molecule has 0 bridgehead atoms. The molecule has 11 heteroatoms. The fourth-order valence-corrected chi connectivity index (χ4v) is 4.57. The Hall–Kier alpha value is -2.72. The van der Waals surface area contributed by atoms with Crippen LogP contribution in [0.1, 0.15) is 28.6 Å². The summed E-state index contributed by atoms with van der Waals surface area (Å²) in [6, 6.07) is 10.5. The Labute approximate surface area is 185 Å². The van der Waals surface area contributed by atoms with Crippen molar-refractivity contribution in [3.63, 3.8) is 0 Å². The molecule has 1 aliphatic rings. The molecule has 0 spiro atoms. The number of aromatic nitrogens is 3. The number of fused-ring (bicyclic) bond motifs is 1. The number of amides is 1. The highest BCUT2D eigenvalue weighted by molar-refractivity contribution is 8.00. The van der Waals surface area contributed by atoms with Crippen molar-refractivity contribution in [2.75, 3.05) is 10.7 Å². The second kappa shape index (κ2) is 8.08. The van der Waals surface area contributed by atoms with Crippen LogP contribution in [0.3, 0.4) is 0 Å². The van der Waals surface area contributed by atoms with Crippen LogP contribution in [0.5, 0.6) is 0 Å². The Morgan fingerprint density at radius 2 is 1.87 bits per heavy atom. The molecule has 0 saturated heterocycles. The van der Waals surface area contributed by atoms with E-state index in [1.165, 1.54) is 17.8 Å². The van der Waals surface area contributed by atoms with Gasteiger partial charge in [0.1, 0.15) is 11.1 Å². The van der Waals surface area contributed by atoms with E-state index >= 15 is 0 Å². The lowest BCUT2D eigenvalue weighted by atomic mass is 10.0. The first-order chi connectivity index (χ1) is 14.6. The number of hydrogen-bond acceptors (Lipinski definition) is 5. The Morgan fingerprint density at radius 3 is 2.55 bits per heavy atom. The molecule has 0 fully saturated rings. The summed E-state index contributed by atoms with van der Waals surface area (Å²) in [6.45, 7) is 3.74. The maximum atomic E-state index is 13.2. The number of halogens is 4. The minimum atomic E-state index is -4.63. The fraction of sp³-hybridized carbons (Fsp3) is 0.250. The first kappa shape index (κ1) is 21.5. The molecule has 4 rings (SSSR count). The predicted molar refractivity (Wildman–Crippen MR) is 113 cm³/mol. The Bertz CT molecular complexity index is 1130. The van der Waals surface area contributed by atoms with E-state index in [0.29, 0.717) is 11.0 Å². The van der Waals surface area contributed by atoms with Crippen molar-refractivity contribution in [2.24, 2.45) is 0 Å². The quantitative estimate of drug-likeness (QED) is 0.569. The van der Waals surface area contributed by atoms with Gasteiger partial charge in [0.25, 0.3) is 0 Å². The van der Waals surface area contributed by atoms with E-state index in [9.17, 15) is 18.0 Å². The van der Waals surface area contributed by atoms with E-state index in [1.54, 1.807) is 11.6 Å². The van der Waals surface area contributed by atoms with Gasteiger partial charge >= 0.3 is 6.18 Å². The van der Waals surface area contributed by atoms with Crippen molar-refractivity contribution in [3.8, 4) is 0 Å². The summed E-state index contributed by atoms with van der Waals surface area (Å²) in [4.78, 5) is 13.1. The number of nitrogens with zero attached hydrogens (tertiary/aromatic N) is 3. The van der Waals surface area contributed by atoms with E-state index in [1.807, 2.05) is 31.2 Å². The van der Waals surface area contributed by atoms with Crippen LogP contribution in [0.4, 0.5) is 18.9 Å². The van der Waals surface area contributed by atoms with E-state index in [0.717, 1.165) is 23.3 Å². The van der Waals surface area contributed by atoms with E-state index in [2.05, 4.69) is 20.9 Å². The number of aryl methyl sites for hydroxylation is 2. The monoisotopic (exact) mass is 467 g/mol. The molecule has 6 nitrogen and oxygen atoms in total. The SMILES string of the molecule is Cc1ccc(C2Nn3c(C)nnc3SC2C(=O)Nc2ccc(Cl)c(C(F)(F)F)c2)cc1. The first-order valence-corrected chi connectivity index (χ1v) is 10.5. The lowest BCUT2D eigenvalue weighted by molar-refractivity contribution is -0.137. The minimum absolute atomic E-state index is 0.00759. The van der Waals surface area contributed by atoms with Crippen LogP contribution < -0.4 is 10.7 Å². The number of hydrogen-bond donors (Lipinski definition) is 2. The molecule has 3 aromatic rings. The molecule has 0 radical (unpaired) electrons. The number of benzene rings is 2. The maximum absolute atomic E-state index is 13.2. The third-order valence-corrected chi connectivity index (χ3v) is 6.38. The topological polar surface area (TPSA) is 71.8 Å². The Balaban J connectivity index is 1.65. The Kier molecular flexibility index (Phi) is 5.61. The highest BCUT2D eigenvalue weighted by atomic mass is 35.5. The molecule has 2 unspecified atom stereocenters. The number of carbonyl (C=O) groups is 1. The van der Waals surface area contributed by atoms with E-state index < -0.39 is 34.0 Å². The van der Waals surface area contributed by atoms with Gasteiger partial charge in [0.15, 0.2) is 0 Å². The molecular formula is C20H17ClF3N5OS. The second-order valence-corrected chi connectivity index (χ2v) is 8.62. The molecular weight excluding hydrogens is 451 g/mol. The number of thioether (sulfide) groups is 1. The number of carbonyl (C=O) groups excluding carboxylic acids is 1. The largest absolute Gasteiger partial charge is 0.417 e. The molecule has 2 N–H and O–H groups in total. The third kappa shape index (κ3) is 4.35.